The van der Waals surface area contributed by atoms with Crippen LogP contribution in [0.4, 0.5) is 0 Å². The molecule has 0 aliphatic rings. The molecule has 0 saturated heterocycles. The summed E-state index contributed by atoms with van der Waals surface area (Å²) in [5.74, 6) is -0.861. The molecule has 0 fully saturated rings. The number of sulfonamides is 1. The fraction of sp³-hybridized carbons (Fsp3) is 0.381. The van der Waals surface area contributed by atoms with Gasteiger partial charge in [0.1, 0.15) is 0 Å². The zero-order valence-corrected chi connectivity index (χ0v) is 17.5. The molecule has 0 aliphatic heterocycles. The van der Waals surface area contributed by atoms with Crippen LogP contribution in [0.1, 0.15) is 29.5 Å². The van der Waals surface area contributed by atoms with Crippen molar-refractivity contribution in [2.45, 2.75) is 32.1 Å². The number of benzene rings is 2. The molecule has 0 aromatic heterocycles. The lowest BCUT2D eigenvalue weighted by atomic mass is 10.0. The third-order valence-corrected chi connectivity index (χ3v) is 5.99. The van der Waals surface area contributed by atoms with Gasteiger partial charge >= 0.3 is 5.97 Å². The largest absolute Gasteiger partial charge is 0.481 e. The van der Waals surface area contributed by atoms with Crippen molar-refractivity contribution in [3.63, 3.8) is 0 Å². The minimum Gasteiger partial charge on any atom is -0.481 e. The van der Waals surface area contributed by atoms with E-state index in [0.717, 1.165) is 29.5 Å². The van der Waals surface area contributed by atoms with Gasteiger partial charge in [-0.25, -0.2) is 12.7 Å². The van der Waals surface area contributed by atoms with Crippen LogP contribution in [0, 0.1) is 0 Å². The molecule has 0 bridgehead atoms. The van der Waals surface area contributed by atoms with Crippen LogP contribution in [0.2, 0.25) is 5.02 Å². The average Bonchev–Trinajstić information content (AvgIpc) is 2.59. The van der Waals surface area contributed by atoms with Crippen LogP contribution >= 0.6 is 11.6 Å². The van der Waals surface area contributed by atoms with Gasteiger partial charge in [0, 0.05) is 18.1 Å². The van der Waals surface area contributed by atoms with Crippen LogP contribution in [0.5, 0.6) is 0 Å². The minimum atomic E-state index is -3.28. The second-order valence-corrected chi connectivity index (χ2v) is 9.31. The molecule has 0 amide bonds. The molecule has 2 aromatic carbocycles. The van der Waals surface area contributed by atoms with Gasteiger partial charge in [-0.1, -0.05) is 48.0 Å². The molecule has 7 heteroatoms. The predicted octanol–water partition coefficient (Wildman–Crippen LogP) is 3.79. The third-order valence-electron chi connectivity index (χ3n) is 4.45. The summed E-state index contributed by atoms with van der Waals surface area (Å²) < 4.78 is 25.7. The molecule has 0 heterocycles. The molecule has 0 spiro atoms. The van der Waals surface area contributed by atoms with Crippen LogP contribution in [0.25, 0.3) is 0 Å². The van der Waals surface area contributed by atoms with E-state index >= 15 is 0 Å². The normalized spacial score (nSPS) is 11.7. The number of hydrogen-bond acceptors (Lipinski definition) is 3. The highest BCUT2D eigenvalue weighted by molar-refractivity contribution is 7.88. The van der Waals surface area contributed by atoms with Gasteiger partial charge in [0.2, 0.25) is 10.0 Å². The van der Waals surface area contributed by atoms with Gasteiger partial charge in [-0.3, -0.25) is 4.79 Å². The molecule has 0 saturated carbocycles. The summed E-state index contributed by atoms with van der Waals surface area (Å²) in [6.45, 7) is 0.905. The number of hydrogen-bond donors (Lipinski definition) is 1. The molecular weight excluding hydrogens is 398 g/mol. The fourth-order valence-corrected chi connectivity index (χ4v) is 4.26. The van der Waals surface area contributed by atoms with Crippen LogP contribution in [-0.2, 0) is 34.1 Å². The number of halogens is 1. The number of aryl methyl sites for hydroxylation is 2. The lowest BCUT2D eigenvalue weighted by molar-refractivity contribution is -0.136. The Hall–Kier alpha value is -1.89. The molecule has 2 aromatic rings. The van der Waals surface area contributed by atoms with E-state index in [2.05, 4.69) is 0 Å². The Bertz CT molecular complexity index is 899. The monoisotopic (exact) mass is 423 g/mol. The first kappa shape index (κ1) is 22.4. The van der Waals surface area contributed by atoms with Crippen molar-refractivity contribution in [2.75, 3.05) is 19.3 Å². The number of carboxylic acids is 1. The Labute approximate surface area is 172 Å². The van der Waals surface area contributed by atoms with Crippen LogP contribution in [0.15, 0.2) is 48.5 Å². The summed E-state index contributed by atoms with van der Waals surface area (Å²) in [4.78, 5) is 10.8. The molecule has 0 unspecified atom stereocenters. The fourth-order valence-electron chi connectivity index (χ4n) is 3.12. The molecule has 28 heavy (non-hydrogen) atoms. The Morgan fingerprint density at radius 1 is 0.964 bits per heavy atom. The highest BCUT2D eigenvalue weighted by Gasteiger charge is 2.15. The topological polar surface area (TPSA) is 74.7 Å². The van der Waals surface area contributed by atoms with Gasteiger partial charge in [-0.15, -0.1) is 0 Å². The van der Waals surface area contributed by atoms with Crippen molar-refractivity contribution in [3.05, 3.63) is 70.2 Å². The predicted molar refractivity (Wildman–Crippen MR) is 112 cm³/mol. The quantitative estimate of drug-likeness (QED) is 0.596. The second kappa shape index (κ2) is 10.6. The van der Waals surface area contributed by atoms with Crippen LogP contribution < -0.4 is 0 Å². The van der Waals surface area contributed by atoms with E-state index in [1.807, 2.05) is 42.5 Å². The summed E-state index contributed by atoms with van der Waals surface area (Å²) in [5, 5.41) is 9.58. The molecule has 0 radical (unpaired) electrons. The van der Waals surface area contributed by atoms with E-state index in [1.54, 1.807) is 6.07 Å². The van der Waals surface area contributed by atoms with Gasteiger partial charge in [0.25, 0.3) is 0 Å². The molecule has 0 atom stereocenters. The van der Waals surface area contributed by atoms with Crippen LogP contribution in [-0.4, -0.2) is 43.1 Å². The molecule has 1 N–H and O–H groups in total. The number of rotatable bonds is 11. The molecule has 0 aliphatic carbocycles. The van der Waals surface area contributed by atoms with E-state index in [4.69, 9.17) is 16.7 Å². The third kappa shape index (κ3) is 8.00. The zero-order chi connectivity index (χ0) is 20.6. The summed E-state index contributed by atoms with van der Waals surface area (Å²) >= 11 is 5.99. The number of carbonyl (C=O) groups is 1. The molecule has 5 nitrogen and oxygen atoms in total. The SMILES string of the molecule is CS(=O)(=O)N(CCCc1cccc(Cl)c1)CCCc1cccc(CC(=O)O)c1. The maximum absolute atomic E-state index is 12.1. The molecule has 2 rings (SSSR count). The summed E-state index contributed by atoms with van der Waals surface area (Å²) in [6.07, 6.45) is 4.10. The van der Waals surface area contributed by atoms with Gasteiger partial charge < -0.3 is 5.11 Å². The Morgan fingerprint density at radius 3 is 2.04 bits per heavy atom. The summed E-state index contributed by atoms with van der Waals surface area (Å²) in [6, 6.07) is 15.0. The van der Waals surface area contributed by atoms with Crippen molar-refractivity contribution in [2.24, 2.45) is 0 Å². The van der Waals surface area contributed by atoms with Crippen molar-refractivity contribution < 1.29 is 18.3 Å². The van der Waals surface area contributed by atoms with Crippen molar-refractivity contribution in [1.82, 2.24) is 4.31 Å². The highest BCUT2D eigenvalue weighted by Crippen LogP contribution is 2.14. The standard InChI is InChI=1S/C21H26ClNO4S/c1-28(26,27)23(13-5-10-18-7-3-11-20(22)15-18)12-4-9-17-6-2-8-19(14-17)16-21(24)25/h2-3,6-8,11,14-15H,4-5,9-10,12-13,16H2,1H3,(H,24,25). The number of nitrogens with zero attached hydrogens (tertiary/aromatic N) is 1. The van der Waals surface area contributed by atoms with E-state index in [-0.39, 0.29) is 6.42 Å². The van der Waals surface area contributed by atoms with E-state index in [1.165, 1.54) is 10.6 Å². The van der Waals surface area contributed by atoms with Crippen molar-refractivity contribution >= 4 is 27.6 Å². The highest BCUT2D eigenvalue weighted by atomic mass is 35.5. The maximum Gasteiger partial charge on any atom is 0.307 e. The van der Waals surface area contributed by atoms with Gasteiger partial charge in [-0.2, -0.15) is 0 Å². The zero-order valence-electron chi connectivity index (χ0n) is 16.0. The van der Waals surface area contributed by atoms with Gasteiger partial charge in [0.05, 0.1) is 12.7 Å². The lowest BCUT2D eigenvalue weighted by Crippen LogP contribution is -2.32. The van der Waals surface area contributed by atoms with Crippen molar-refractivity contribution in [1.29, 1.82) is 0 Å². The molecule has 152 valence electrons. The summed E-state index contributed by atoms with van der Waals surface area (Å²) in [5.41, 5.74) is 2.87. The van der Waals surface area contributed by atoms with E-state index in [9.17, 15) is 13.2 Å². The Balaban J connectivity index is 1.86. The Morgan fingerprint density at radius 2 is 1.50 bits per heavy atom. The van der Waals surface area contributed by atoms with E-state index < -0.39 is 16.0 Å². The van der Waals surface area contributed by atoms with E-state index in [0.29, 0.717) is 31.0 Å². The van der Waals surface area contributed by atoms with Gasteiger partial charge in [-0.05, 0) is 54.5 Å². The first-order valence-electron chi connectivity index (χ1n) is 9.23. The molecular formula is C21H26ClNO4S. The minimum absolute atomic E-state index is 0.00714. The number of carboxylic acid groups (broad SMARTS) is 1. The lowest BCUT2D eigenvalue weighted by Gasteiger charge is -2.20. The second-order valence-electron chi connectivity index (χ2n) is 6.89. The maximum atomic E-state index is 12.1. The van der Waals surface area contributed by atoms with Crippen molar-refractivity contribution in [3.8, 4) is 0 Å². The van der Waals surface area contributed by atoms with Gasteiger partial charge in [0.15, 0.2) is 0 Å². The Kier molecular flexibility index (Phi) is 8.48. The average molecular weight is 424 g/mol. The first-order chi connectivity index (χ1) is 13.2. The summed E-state index contributed by atoms with van der Waals surface area (Å²) in [7, 11) is -3.28. The number of aliphatic carboxylic acids is 1. The smallest absolute Gasteiger partial charge is 0.307 e. The van der Waals surface area contributed by atoms with Crippen LogP contribution in [0.3, 0.4) is 0 Å². The first-order valence-corrected chi connectivity index (χ1v) is 11.5.